The number of nitrogens with zero attached hydrogens (tertiary/aromatic N) is 1. The molecule has 1 fully saturated rings. The molecule has 0 saturated carbocycles. The van der Waals surface area contributed by atoms with Crippen LogP contribution in [0.4, 0.5) is 4.39 Å². The Morgan fingerprint density at radius 1 is 1.08 bits per heavy atom. The zero-order chi connectivity index (χ0) is 17.6. The lowest BCUT2D eigenvalue weighted by atomic mass is 9.90. The second-order valence-electron chi connectivity index (χ2n) is 6.96. The van der Waals surface area contributed by atoms with Gasteiger partial charge in [-0.3, -0.25) is 9.59 Å². The molecule has 2 rings (SSSR count). The Kier molecular flexibility index (Phi) is 6.35. The molecule has 0 atom stereocenters. The molecule has 1 saturated heterocycles. The van der Waals surface area contributed by atoms with E-state index in [0.29, 0.717) is 13.0 Å². The summed E-state index contributed by atoms with van der Waals surface area (Å²) in [4.78, 5) is 27.0. The van der Waals surface area contributed by atoms with E-state index in [4.69, 9.17) is 0 Å². The average Bonchev–Trinajstić information content (AvgIpc) is 2.85. The zero-order valence-electron chi connectivity index (χ0n) is 14.6. The van der Waals surface area contributed by atoms with E-state index < -0.39 is 5.41 Å². The SMILES string of the molecule is CC(C)(C(=O)NCCc1ccc(F)cc1)C(=O)N1CCCCCC1. The maximum absolute atomic E-state index is 12.9. The van der Waals surface area contributed by atoms with E-state index in [1.54, 1.807) is 26.0 Å². The third-order valence-electron chi connectivity index (χ3n) is 4.61. The van der Waals surface area contributed by atoms with Crippen molar-refractivity contribution in [2.24, 2.45) is 5.41 Å². The smallest absolute Gasteiger partial charge is 0.237 e. The monoisotopic (exact) mass is 334 g/mol. The van der Waals surface area contributed by atoms with Gasteiger partial charge >= 0.3 is 0 Å². The van der Waals surface area contributed by atoms with Crippen LogP contribution in [0.25, 0.3) is 0 Å². The summed E-state index contributed by atoms with van der Waals surface area (Å²) in [5, 5.41) is 2.84. The van der Waals surface area contributed by atoms with Gasteiger partial charge in [-0.05, 0) is 50.8 Å². The summed E-state index contributed by atoms with van der Waals surface area (Å²) in [5.74, 6) is -0.616. The quantitative estimate of drug-likeness (QED) is 0.842. The fraction of sp³-hybridized carbons (Fsp3) is 0.579. The minimum atomic E-state index is -1.06. The van der Waals surface area contributed by atoms with E-state index >= 15 is 0 Å². The van der Waals surface area contributed by atoms with Crippen LogP contribution in [-0.2, 0) is 16.0 Å². The van der Waals surface area contributed by atoms with E-state index in [2.05, 4.69) is 5.32 Å². The lowest BCUT2D eigenvalue weighted by molar-refractivity contribution is -0.148. The van der Waals surface area contributed by atoms with E-state index in [0.717, 1.165) is 44.3 Å². The Bertz CT molecular complexity index is 561. The van der Waals surface area contributed by atoms with Crippen molar-refractivity contribution in [3.05, 3.63) is 35.6 Å². The predicted molar refractivity (Wildman–Crippen MR) is 91.9 cm³/mol. The van der Waals surface area contributed by atoms with Gasteiger partial charge in [-0.15, -0.1) is 0 Å². The zero-order valence-corrected chi connectivity index (χ0v) is 14.6. The second-order valence-corrected chi connectivity index (χ2v) is 6.96. The molecule has 0 spiro atoms. The van der Waals surface area contributed by atoms with Crippen LogP contribution in [-0.4, -0.2) is 36.3 Å². The summed E-state index contributed by atoms with van der Waals surface area (Å²) in [6.45, 7) is 5.29. The molecular formula is C19H27FN2O2. The van der Waals surface area contributed by atoms with Crippen molar-refractivity contribution < 1.29 is 14.0 Å². The van der Waals surface area contributed by atoms with Crippen molar-refractivity contribution in [1.29, 1.82) is 0 Å². The van der Waals surface area contributed by atoms with E-state index in [-0.39, 0.29) is 17.6 Å². The first-order valence-corrected chi connectivity index (χ1v) is 8.73. The van der Waals surface area contributed by atoms with Gasteiger partial charge in [0.05, 0.1) is 0 Å². The number of likely N-dealkylation sites (tertiary alicyclic amines) is 1. The van der Waals surface area contributed by atoms with Crippen LogP contribution in [0.2, 0.25) is 0 Å². The number of rotatable bonds is 5. The van der Waals surface area contributed by atoms with Gasteiger partial charge in [-0.1, -0.05) is 25.0 Å². The first-order chi connectivity index (χ1) is 11.4. The lowest BCUT2D eigenvalue weighted by Gasteiger charge is -2.30. The fourth-order valence-electron chi connectivity index (χ4n) is 2.96. The number of hydrogen-bond donors (Lipinski definition) is 1. The molecule has 1 aliphatic heterocycles. The topological polar surface area (TPSA) is 49.4 Å². The van der Waals surface area contributed by atoms with Gasteiger partial charge in [-0.25, -0.2) is 4.39 Å². The van der Waals surface area contributed by atoms with Crippen LogP contribution in [0.3, 0.4) is 0 Å². The molecule has 2 amide bonds. The van der Waals surface area contributed by atoms with Crippen LogP contribution in [0.5, 0.6) is 0 Å². The number of carbonyl (C=O) groups is 2. The van der Waals surface area contributed by atoms with Crippen molar-refractivity contribution in [3.63, 3.8) is 0 Å². The largest absolute Gasteiger partial charge is 0.355 e. The fourth-order valence-corrected chi connectivity index (χ4v) is 2.96. The number of benzene rings is 1. The van der Waals surface area contributed by atoms with Crippen molar-refractivity contribution in [3.8, 4) is 0 Å². The number of nitrogens with one attached hydrogen (secondary N) is 1. The molecule has 4 nitrogen and oxygen atoms in total. The molecule has 0 bridgehead atoms. The van der Waals surface area contributed by atoms with Gasteiger partial charge < -0.3 is 10.2 Å². The molecule has 0 radical (unpaired) electrons. The van der Waals surface area contributed by atoms with E-state index in [9.17, 15) is 14.0 Å². The summed E-state index contributed by atoms with van der Waals surface area (Å²) in [6, 6.07) is 6.22. The van der Waals surface area contributed by atoms with Crippen molar-refractivity contribution in [1.82, 2.24) is 10.2 Å². The minimum absolute atomic E-state index is 0.0938. The molecule has 0 aromatic heterocycles. The number of amides is 2. The van der Waals surface area contributed by atoms with Gasteiger partial charge in [0, 0.05) is 19.6 Å². The number of hydrogen-bond acceptors (Lipinski definition) is 2. The van der Waals surface area contributed by atoms with Gasteiger partial charge in [0.2, 0.25) is 11.8 Å². The standard InChI is InChI=1S/C19H27FN2O2/c1-19(2,18(24)22-13-5-3-4-6-14-22)17(23)21-12-11-15-7-9-16(20)10-8-15/h7-10H,3-6,11-14H2,1-2H3,(H,21,23). The molecular weight excluding hydrogens is 307 g/mol. The molecule has 0 unspecified atom stereocenters. The molecule has 1 N–H and O–H groups in total. The first kappa shape index (κ1) is 18.4. The highest BCUT2D eigenvalue weighted by Gasteiger charge is 2.38. The Balaban J connectivity index is 1.86. The second kappa shape index (κ2) is 8.27. The summed E-state index contributed by atoms with van der Waals surface area (Å²) >= 11 is 0. The highest BCUT2D eigenvalue weighted by molar-refractivity contribution is 6.04. The van der Waals surface area contributed by atoms with Gasteiger partial charge in [0.1, 0.15) is 11.2 Å². The molecule has 5 heteroatoms. The normalized spacial score (nSPS) is 15.7. The summed E-state index contributed by atoms with van der Waals surface area (Å²) in [7, 11) is 0. The number of carbonyl (C=O) groups excluding carboxylic acids is 2. The molecule has 24 heavy (non-hydrogen) atoms. The molecule has 1 aromatic carbocycles. The average molecular weight is 334 g/mol. The molecule has 132 valence electrons. The van der Waals surface area contributed by atoms with Crippen molar-refractivity contribution in [2.45, 2.75) is 46.0 Å². The Labute approximate surface area is 143 Å². The predicted octanol–water partition coefficient (Wildman–Crippen LogP) is 2.91. The third kappa shape index (κ3) is 4.79. The lowest BCUT2D eigenvalue weighted by Crippen LogP contribution is -2.50. The van der Waals surface area contributed by atoms with Crippen molar-refractivity contribution >= 4 is 11.8 Å². The van der Waals surface area contributed by atoms with Crippen LogP contribution >= 0.6 is 0 Å². The minimum Gasteiger partial charge on any atom is -0.355 e. The van der Waals surface area contributed by atoms with Crippen LogP contribution in [0.1, 0.15) is 45.1 Å². The summed E-state index contributed by atoms with van der Waals surface area (Å²) in [6.07, 6.45) is 4.92. The maximum atomic E-state index is 12.9. The molecule has 1 heterocycles. The van der Waals surface area contributed by atoms with Crippen molar-refractivity contribution in [2.75, 3.05) is 19.6 Å². The van der Waals surface area contributed by atoms with E-state index in [1.165, 1.54) is 12.1 Å². The highest BCUT2D eigenvalue weighted by atomic mass is 19.1. The van der Waals surface area contributed by atoms with Gasteiger partial charge in [0.15, 0.2) is 0 Å². The molecule has 0 aliphatic carbocycles. The number of halogens is 1. The van der Waals surface area contributed by atoms with Crippen LogP contribution in [0.15, 0.2) is 24.3 Å². The Morgan fingerprint density at radius 3 is 2.25 bits per heavy atom. The molecule has 1 aliphatic rings. The summed E-state index contributed by atoms with van der Waals surface area (Å²) in [5.41, 5.74) is -0.110. The van der Waals surface area contributed by atoms with E-state index in [1.807, 2.05) is 4.90 Å². The van der Waals surface area contributed by atoms with Crippen LogP contribution < -0.4 is 5.32 Å². The van der Waals surface area contributed by atoms with Crippen LogP contribution in [0, 0.1) is 11.2 Å². The first-order valence-electron chi connectivity index (χ1n) is 8.73. The summed E-state index contributed by atoms with van der Waals surface area (Å²) < 4.78 is 12.9. The van der Waals surface area contributed by atoms with Gasteiger partial charge in [-0.2, -0.15) is 0 Å². The Morgan fingerprint density at radius 2 is 1.67 bits per heavy atom. The Hall–Kier alpha value is -1.91. The van der Waals surface area contributed by atoms with Gasteiger partial charge in [0.25, 0.3) is 0 Å². The molecule has 1 aromatic rings. The maximum Gasteiger partial charge on any atom is 0.237 e. The highest BCUT2D eigenvalue weighted by Crippen LogP contribution is 2.22. The third-order valence-corrected chi connectivity index (χ3v) is 4.61.